The van der Waals surface area contributed by atoms with E-state index >= 15 is 0 Å². The summed E-state index contributed by atoms with van der Waals surface area (Å²) in [6.07, 6.45) is 1.65. The lowest BCUT2D eigenvalue weighted by Gasteiger charge is -2.19. The van der Waals surface area contributed by atoms with Crippen molar-refractivity contribution in [1.29, 1.82) is 0 Å². The van der Waals surface area contributed by atoms with Gasteiger partial charge in [0, 0.05) is 25.7 Å². The van der Waals surface area contributed by atoms with Crippen molar-refractivity contribution in [2.45, 2.75) is 18.2 Å². The molecule has 150 valence electrons. The van der Waals surface area contributed by atoms with Gasteiger partial charge in [-0.2, -0.15) is 0 Å². The first-order valence-corrected chi connectivity index (χ1v) is 10.1. The number of fused-ring (bicyclic) bond motifs is 1. The minimum absolute atomic E-state index is 0.0616. The second-order valence-corrected chi connectivity index (χ2v) is 7.41. The van der Waals surface area contributed by atoms with E-state index in [1.807, 2.05) is 36.4 Å². The number of allylic oxidation sites excluding steroid dienone is 1. The minimum atomic E-state index is -0.132. The Balaban J connectivity index is 1.77. The van der Waals surface area contributed by atoms with Crippen molar-refractivity contribution in [3.63, 3.8) is 0 Å². The predicted octanol–water partition coefficient (Wildman–Crippen LogP) is 3.34. The zero-order valence-corrected chi connectivity index (χ0v) is 17.3. The van der Waals surface area contributed by atoms with Crippen LogP contribution in [0.4, 0.5) is 0 Å². The Bertz CT molecular complexity index is 1090. The molecule has 0 aliphatic heterocycles. The van der Waals surface area contributed by atoms with Crippen LogP contribution in [0.25, 0.3) is 10.9 Å². The van der Waals surface area contributed by atoms with Crippen LogP contribution in [0.2, 0.25) is 0 Å². The van der Waals surface area contributed by atoms with Crippen LogP contribution in [0.3, 0.4) is 0 Å². The molecule has 7 heteroatoms. The maximum absolute atomic E-state index is 12.8. The van der Waals surface area contributed by atoms with E-state index in [9.17, 15) is 9.59 Å². The summed E-state index contributed by atoms with van der Waals surface area (Å²) < 4.78 is 6.90. The van der Waals surface area contributed by atoms with Crippen molar-refractivity contribution in [1.82, 2.24) is 14.5 Å². The molecular formula is C22H23N3O3S. The molecule has 0 bridgehead atoms. The molecule has 2 aromatic carbocycles. The molecule has 0 aliphatic rings. The van der Waals surface area contributed by atoms with Gasteiger partial charge in [0.15, 0.2) is 5.16 Å². The molecule has 0 saturated carbocycles. The molecule has 0 unspecified atom stereocenters. The van der Waals surface area contributed by atoms with Crippen LogP contribution in [-0.2, 0) is 17.9 Å². The summed E-state index contributed by atoms with van der Waals surface area (Å²) in [5.74, 6) is 0.859. The number of ether oxygens (including phenoxy) is 1. The first kappa shape index (κ1) is 20.7. The fraction of sp³-hybridized carbons (Fsp3) is 0.227. The Kier molecular flexibility index (Phi) is 6.72. The summed E-state index contributed by atoms with van der Waals surface area (Å²) in [6, 6.07) is 14.8. The zero-order chi connectivity index (χ0) is 20.8. The number of nitrogens with zero attached hydrogens (tertiary/aromatic N) is 3. The quantitative estimate of drug-likeness (QED) is 0.324. The van der Waals surface area contributed by atoms with E-state index in [0.717, 1.165) is 11.3 Å². The van der Waals surface area contributed by atoms with Crippen molar-refractivity contribution >= 4 is 28.6 Å². The molecule has 1 aromatic heterocycles. The molecule has 0 saturated heterocycles. The monoisotopic (exact) mass is 409 g/mol. The fourth-order valence-electron chi connectivity index (χ4n) is 2.96. The smallest absolute Gasteiger partial charge is 0.262 e. The number of amides is 1. The lowest BCUT2D eigenvalue weighted by atomic mass is 10.2. The van der Waals surface area contributed by atoms with Crippen molar-refractivity contribution in [2.75, 3.05) is 19.9 Å². The molecule has 1 amide bonds. The van der Waals surface area contributed by atoms with Crippen LogP contribution in [0.15, 0.2) is 71.1 Å². The van der Waals surface area contributed by atoms with E-state index in [4.69, 9.17) is 4.74 Å². The second kappa shape index (κ2) is 9.43. The Morgan fingerprint density at radius 1 is 1.24 bits per heavy atom. The van der Waals surface area contributed by atoms with Gasteiger partial charge in [-0.15, -0.1) is 6.58 Å². The molecular weight excluding hydrogens is 386 g/mol. The molecule has 0 N–H and O–H groups in total. The minimum Gasteiger partial charge on any atom is -0.496 e. The van der Waals surface area contributed by atoms with Crippen LogP contribution in [0.1, 0.15) is 5.56 Å². The molecule has 0 aliphatic carbocycles. The summed E-state index contributed by atoms with van der Waals surface area (Å²) in [6.45, 7) is 4.50. The van der Waals surface area contributed by atoms with Crippen LogP contribution < -0.4 is 10.3 Å². The molecule has 1 heterocycles. The number of benzene rings is 2. The number of hydrogen-bond donors (Lipinski definition) is 0. The molecule has 3 aromatic rings. The third-order valence-electron chi connectivity index (χ3n) is 4.49. The normalized spacial score (nSPS) is 10.7. The Hall–Kier alpha value is -3.06. The third-order valence-corrected chi connectivity index (χ3v) is 5.45. The van der Waals surface area contributed by atoms with Crippen molar-refractivity contribution in [2.24, 2.45) is 0 Å². The van der Waals surface area contributed by atoms with Gasteiger partial charge in [-0.25, -0.2) is 4.98 Å². The van der Waals surface area contributed by atoms with Gasteiger partial charge in [0.1, 0.15) is 5.75 Å². The number of aromatic nitrogens is 2. The topological polar surface area (TPSA) is 64.4 Å². The Morgan fingerprint density at radius 3 is 2.72 bits per heavy atom. The first-order valence-electron chi connectivity index (χ1n) is 9.14. The summed E-state index contributed by atoms with van der Waals surface area (Å²) >= 11 is 1.25. The largest absolute Gasteiger partial charge is 0.496 e. The first-order chi connectivity index (χ1) is 14.0. The lowest BCUT2D eigenvalue weighted by molar-refractivity contribution is -0.127. The Morgan fingerprint density at radius 2 is 1.97 bits per heavy atom. The highest BCUT2D eigenvalue weighted by Crippen LogP contribution is 2.21. The molecule has 3 rings (SSSR count). The van der Waals surface area contributed by atoms with E-state index in [1.54, 1.807) is 41.8 Å². The summed E-state index contributed by atoms with van der Waals surface area (Å²) in [4.78, 5) is 31.7. The van der Waals surface area contributed by atoms with E-state index < -0.39 is 0 Å². The number of carbonyl (C=O) groups is 1. The number of carbonyl (C=O) groups excluding carboxylic acids is 1. The van der Waals surface area contributed by atoms with Gasteiger partial charge >= 0.3 is 0 Å². The van der Waals surface area contributed by atoms with E-state index in [1.165, 1.54) is 11.8 Å². The number of para-hydroxylation sites is 2. The van der Waals surface area contributed by atoms with Crippen LogP contribution in [0.5, 0.6) is 5.75 Å². The van der Waals surface area contributed by atoms with Gasteiger partial charge in [0.05, 0.1) is 23.8 Å². The van der Waals surface area contributed by atoms with Gasteiger partial charge in [-0.1, -0.05) is 48.2 Å². The average Bonchev–Trinajstić information content (AvgIpc) is 2.74. The highest BCUT2D eigenvalue weighted by molar-refractivity contribution is 7.99. The highest BCUT2D eigenvalue weighted by Gasteiger charge is 2.16. The molecule has 0 fully saturated rings. The number of methoxy groups -OCH3 is 1. The summed E-state index contributed by atoms with van der Waals surface area (Å²) in [5.41, 5.74) is 1.42. The number of hydrogen-bond acceptors (Lipinski definition) is 5. The fourth-order valence-corrected chi connectivity index (χ4v) is 3.91. The Labute approximate surface area is 173 Å². The molecule has 29 heavy (non-hydrogen) atoms. The van der Waals surface area contributed by atoms with E-state index in [2.05, 4.69) is 11.6 Å². The maximum atomic E-state index is 12.8. The SMILES string of the molecule is C=CCn1c(SCC(=O)N(C)Cc2ccccc2OC)nc2ccccc2c1=O. The zero-order valence-electron chi connectivity index (χ0n) is 16.5. The van der Waals surface area contributed by atoms with Crippen molar-refractivity contribution in [3.05, 3.63) is 77.1 Å². The summed E-state index contributed by atoms with van der Waals surface area (Å²) in [7, 11) is 3.36. The van der Waals surface area contributed by atoms with Crippen LogP contribution in [-0.4, -0.2) is 40.3 Å². The third kappa shape index (κ3) is 4.68. The maximum Gasteiger partial charge on any atom is 0.262 e. The average molecular weight is 410 g/mol. The van der Waals surface area contributed by atoms with Gasteiger partial charge in [-0.3, -0.25) is 14.2 Å². The van der Waals surface area contributed by atoms with Gasteiger partial charge < -0.3 is 9.64 Å². The standard InChI is InChI=1S/C22H23N3O3S/c1-4-13-25-21(27)17-10-6-7-11-18(17)23-22(25)29-15-20(26)24(2)14-16-9-5-8-12-19(16)28-3/h4-12H,1,13-15H2,2-3H3. The van der Waals surface area contributed by atoms with E-state index in [-0.39, 0.29) is 17.2 Å². The molecule has 6 nitrogen and oxygen atoms in total. The van der Waals surface area contributed by atoms with E-state index in [0.29, 0.717) is 29.1 Å². The lowest BCUT2D eigenvalue weighted by Crippen LogP contribution is -2.29. The van der Waals surface area contributed by atoms with Crippen molar-refractivity contribution in [3.8, 4) is 5.75 Å². The second-order valence-electron chi connectivity index (χ2n) is 6.47. The number of rotatable bonds is 8. The summed E-state index contributed by atoms with van der Waals surface area (Å²) in [5, 5.41) is 1.06. The predicted molar refractivity (Wildman–Crippen MR) is 116 cm³/mol. The highest BCUT2D eigenvalue weighted by atomic mass is 32.2. The van der Waals surface area contributed by atoms with Crippen LogP contribution >= 0.6 is 11.8 Å². The molecule has 0 spiro atoms. The van der Waals surface area contributed by atoms with Gasteiger partial charge in [0.2, 0.25) is 5.91 Å². The van der Waals surface area contributed by atoms with Gasteiger partial charge in [-0.05, 0) is 18.2 Å². The number of thioether (sulfide) groups is 1. The molecule has 0 radical (unpaired) electrons. The van der Waals surface area contributed by atoms with Crippen molar-refractivity contribution < 1.29 is 9.53 Å². The van der Waals surface area contributed by atoms with Gasteiger partial charge in [0.25, 0.3) is 5.56 Å². The molecule has 0 atom stereocenters. The van der Waals surface area contributed by atoms with Crippen LogP contribution in [0, 0.1) is 0 Å².